The molecule has 0 bridgehead atoms. The van der Waals surface area contributed by atoms with Crippen LogP contribution >= 0.6 is 0 Å². The molecule has 2 aromatic carbocycles. The maximum Gasteiger partial charge on any atom is 0.251 e. The number of nitrogens with zero attached hydrogens (tertiary/aromatic N) is 3. The van der Waals surface area contributed by atoms with Crippen molar-refractivity contribution in [2.45, 2.75) is 19.3 Å². The molecule has 0 saturated heterocycles. The molecular formula is C27H29N5O3. The van der Waals surface area contributed by atoms with E-state index in [1.807, 2.05) is 60.3 Å². The Bertz CT molecular complexity index is 1300. The summed E-state index contributed by atoms with van der Waals surface area (Å²) >= 11 is 0. The number of carbonyl (C=O) groups excluding carboxylic acids is 2. The largest absolute Gasteiger partial charge is 0.384 e. The van der Waals surface area contributed by atoms with Gasteiger partial charge in [-0.05, 0) is 36.6 Å². The van der Waals surface area contributed by atoms with Gasteiger partial charge in [-0.15, -0.1) is 0 Å². The van der Waals surface area contributed by atoms with Crippen LogP contribution < -0.4 is 10.6 Å². The van der Waals surface area contributed by atoms with E-state index >= 15 is 0 Å². The van der Waals surface area contributed by atoms with Crippen molar-refractivity contribution in [1.29, 1.82) is 0 Å². The van der Waals surface area contributed by atoms with E-state index < -0.39 is 0 Å². The monoisotopic (exact) mass is 471 g/mol. The molecule has 0 atom stereocenters. The van der Waals surface area contributed by atoms with Gasteiger partial charge in [-0.2, -0.15) is 0 Å². The minimum atomic E-state index is -0.211. The third kappa shape index (κ3) is 5.91. The number of aromatic nitrogens is 3. The second-order valence-corrected chi connectivity index (χ2v) is 8.26. The smallest absolute Gasteiger partial charge is 0.251 e. The Morgan fingerprint density at radius 1 is 1.09 bits per heavy atom. The van der Waals surface area contributed by atoms with Crippen LogP contribution in [0, 0.1) is 0 Å². The first-order valence-electron chi connectivity index (χ1n) is 11.6. The molecular weight excluding hydrogens is 442 g/mol. The fraction of sp³-hybridized carbons (Fsp3) is 0.259. The van der Waals surface area contributed by atoms with E-state index in [9.17, 15) is 9.59 Å². The number of pyridine rings is 1. The number of hydrogen-bond donors (Lipinski definition) is 2. The predicted molar refractivity (Wildman–Crippen MR) is 136 cm³/mol. The highest BCUT2D eigenvalue weighted by Gasteiger charge is 2.18. The number of amides is 2. The van der Waals surface area contributed by atoms with Crippen LogP contribution in [0.2, 0.25) is 0 Å². The van der Waals surface area contributed by atoms with Gasteiger partial charge in [-0.1, -0.05) is 36.4 Å². The van der Waals surface area contributed by atoms with Crippen molar-refractivity contribution in [3.63, 3.8) is 0 Å². The maximum absolute atomic E-state index is 13.0. The number of rotatable bonds is 10. The van der Waals surface area contributed by atoms with Gasteiger partial charge in [0.05, 0.1) is 29.7 Å². The van der Waals surface area contributed by atoms with E-state index in [0.717, 1.165) is 35.3 Å². The number of carbonyl (C=O) groups is 2. The Morgan fingerprint density at radius 2 is 1.91 bits per heavy atom. The van der Waals surface area contributed by atoms with Crippen LogP contribution in [0.5, 0.6) is 0 Å². The summed E-state index contributed by atoms with van der Waals surface area (Å²) < 4.78 is 6.96. The van der Waals surface area contributed by atoms with Gasteiger partial charge in [0, 0.05) is 44.2 Å². The highest BCUT2D eigenvalue weighted by atomic mass is 16.5. The number of ether oxygens (including phenoxy) is 1. The first kappa shape index (κ1) is 24.1. The Labute approximate surface area is 204 Å². The lowest BCUT2D eigenvalue weighted by Crippen LogP contribution is -2.25. The lowest BCUT2D eigenvalue weighted by atomic mass is 10.1. The third-order valence-electron chi connectivity index (χ3n) is 5.72. The van der Waals surface area contributed by atoms with E-state index in [-0.39, 0.29) is 18.2 Å². The quantitative estimate of drug-likeness (QED) is 0.341. The molecule has 2 N–H and O–H groups in total. The first-order valence-corrected chi connectivity index (χ1v) is 11.6. The minimum Gasteiger partial charge on any atom is -0.384 e. The number of benzene rings is 2. The maximum atomic E-state index is 13.0. The van der Waals surface area contributed by atoms with Crippen LogP contribution in [0.3, 0.4) is 0 Å². The third-order valence-corrected chi connectivity index (χ3v) is 5.72. The number of hydrogen-bond acceptors (Lipinski definition) is 5. The molecule has 4 aromatic rings. The average Bonchev–Trinajstić information content (AvgIpc) is 3.23. The van der Waals surface area contributed by atoms with Gasteiger partial charge in [0.1, 0.15) is 5.82 Å². The lowest BCUT2D eigenvalue weighted by Gasteiger charge is -2.11. The van der Waals surface area contributed by atoms with Crippen molar-refractivity contribution >= 4 is 28.5 Å². The van der Waals surface area contributed by atoms with Crippen LogP contribution in [-0.4, -0.2) is 46.6 Å². The Morgan fingerprint density at radius 3 is 2.66 bits per heavy atom. The summed E-state index contributed by atoms with van der Waals surface area (Å²) in [4.78, 5) is 34.4. The average molecular weight is 472 g/mol. The van der Waals surface area contributed by atoms with Gasteiger partial charge in [0.2, 0.25) is 5.91 Å². The Balaban J connectivity index is 1.59. The van der Waals surface area contributed by atoms with Crippen molar-refractivity contribution in [1.82, 2.24) is 19.9 Å². The standard InChI is InChI=1S/C27H29N5O3/c1-32-25-22(30-24(33)12-15-35-2)16-21(17-23(25)31-26(32)20-10-4-3-5-11-20)27(34)29-14-7-9-19-8-6-13-28-18-19/h3-6,8,10-11,13,16-18H,7,9,12,14-15H2,1-2H3,(H,29,34)(H,30,33). The van der Waals surface area contributed by atoms with E-state index in [1.54, 1.807) is 25.4 Å². The molecule has 0 saturated carbocycles. The Kier molecular flexibility index (Phi) is 7.84. The van der Waals surface area contributed by atoms with Crippen LogP contribution in [-0.2, 0) is 23.0 Å². The summed E-state index contributed by atoms with van der Waals surface area (Å²) in [6.45, 7) is 0.839. The second-order valence-electron chi connectivity index (χ2n) is 8.26. The van der Waals surface area contributed by atoms with Crippen molar-refractivity contribution in [3.8, 4) is 11.4 Å². The van der Waals surface area contributed by atoms with Crippen LogP contribution in [0.25, 0.3) is 22.4 Å². The highest BCUT2D eigenvalue weighted by Crippen LogP contribution is 2.30. The molecule has 180 valence electrons. The molecule has 8 nitrogen and oxygen atoms in total. The number of fused-ring (bicyclic) bond motifs is 1. The molecule has 2 aromatic heterocycles. The molecule has 4 rings (SSSR count). The van der Waals surface area contributed by atoms with Crippen LogP contribution in [0.1, 0.15) is 28.8 Å². The summed E-state index contributed by atoms with van der Waals surface area (Å²) in [5.74, 6) is 0.351. The molecule has 35 heavy (non-hydrogen) atoms. The van der Waals surface area contributed by atoms with Crippen molar-refractivity contribution < 1.29 is 14.3 Å². The summed E-state index contributed by atoms with van der Waals surface area (Å²) in [6.07, 6.45) is 5.41. The number of imidazole rings is 1. The summed E-state index contributed by atoms with van der Waals surface area (Å²) in [7, 11) is 3.46. The number of nitrogens with one attached hydrogen (secondary N) is 2. The predicted octanol–water partition coefficient (Wildman–Crippen LogP) is 3.97. The summed E-state index contributed by atoms with van der Waals surface area (Å²) in [5.41, 5.74) is 4.45. The van der Waals surface area contributed by atoms with Crippen LogP contribution in [0.4, 0.5) is 5.69 Å². The number of methoxy groups -OCH3 is 1. The SMILES string of the molecule is COCCC(=O)Nc1cc(C(=O)NCCCc2cccnc2)cc2nc(-c3ccccc3)n(C)c12. The minimum absolute atomic E-state index is 0.190. The zero-order valence-electron chi connectivity index (χ0n) is 20.0. The van der Waals surface area contributed by atoms with E-state index in [0.29, 0.717) is 29.9 Å². The molecule has 0 fully saturated rings. The van der Waals surface area contributed by atoms with Gasteiger partial charge in [0.25, 0.3) is 5.91 Å². The number of anilines is 1. The topological polar surface area (TPSA) is 98.1 Å². The highest BCUT2D eigenvalue weighted by molar-refractivity contribution is 6.06. The normalized spacial score (nSPS) is 10.9. The molecule has 0 radical (unpaired) electrons. The zero-order valence-corrected chi connectivity index (χ0v) is 20.0. The molecule has 2 heterocycles. The number of aryl methyl sites for hydroxylation is 2. The lowest BCUT2D eigenvalue weighted by molar-refractivity contribution is -0.117. The van der Waals surface area contributed by atoms with E-state index in [1.165, 1.54) is 0 Å². The van der Waals surface area contributed by atoms with Gasteiger partial charge >= 0.3 is 0 Å². The van der Waals surface area contributed by atoms with Crippen LogP contribution in [0.15, 0.2) is 67.0 Å². The van der Waals surface area contributed by atoms with E-state index in [2.05, 4.69) is 15.6 Å². The first-order chi connectivity index (χ1) is 17.1. The molecule has 2 amide bonds. The molecule has 0 aliphatic carbocycles. The summed E-state index contributed by atoms with van der Waals surface area (Å²) in [6, 6.07) is 17.2. The van der Waals surface area contributed by atoms with Gasteiger partial charge in [0.15, 0.2) is 0 Å². The van der Waals surface area contributed by atoms with Crippen molar-refractivity contribution in [3.05, 3.63) is 78.1 Å². The fourth-order valence-corrected chi connectivity index (χ4v) is 3.97. The second kappa shape index (κ2) is 11.4. The van der Waals surface area contributed by atoms with Crippen molar-refractivity contribution in [2.75, 3.05) is 25.6 Å². The Hall–Kier alpha value is -4.04. The molecule has 0 aliphatic heterocycles. The molecule has 8 heteroatoms. The molecule has 0 unspecified atom stereocenters. The molecule has 0 spiro atoms. The van der Waals surface area contributed by atoms with Crippen molar-refractivity contribution in [2.24, 2.45) is 7.05 Å². The molecule has 0 aliphatic rings. The van der Waals surface area contributed by atoms with E-state index in [4.69, 9.17) is 9.72 Å². The summed E-state index contributed by atoms with van der Waals surface area (Å²) in [5, 5.41) is 5.92. The van der Waals surface area contributed by atoms with Gasteiger partial charge in [-0.25, -0.2) is 4.98 Å². The van der Waals surface area contributed by atoms with Gasteiger partial charge < -0.3 is 19.9 Å². The zero-order chi connectivity index (χ0) is 24.6. The van der Waals surface area contributed by atoms with Gasteiger partial charge in [-0.3, -0.25) is 14.6 Å². The fourth-order valence-electron chi connectivity index (χ4n) is 3.97.